The second kappa shape index (κ2) is 9.16. The number of carbonyl (C=O) groups excluding carboxylic acids is 1. The van der Waals surface area contributed by atoms with E-state index >= 15 is 0 Å². The van der Waals surface area contributed by atoms with E-state index in [9.17, 15) is 4.79 Å². The molecule has 0 aliphatic carbocycles. The number of aryl methyl sites for hydroxylation is 2. The van der Waals surface area contributed by atoms with Crippen molar-refractivity contribution in [1.82, 2.24) is 9.58 Å². The lowest BCUT2D eigenvalue weighted by Gasteiger charge is -2.20. The zero-order valence-corrected chi connectivity index (χ0v) is 21.4. The number of rotatable bonds is 5. The standard InChI is InChI=1S/C27H25N5O3S/c1-15-8-6-7-9-20(15)26-30-32-24(28)21(25(33)29-27(32)36-26)13-18-12-16(2)31(17(18)3)22-14-19(34-4)10-11-23(22)35-5/h6-14,28H,1-5H3/b21-13+,28-24?. The van der Waals surface area contributed by atoms with Crippen molar-refractivity contribution < 1.29 is 14.3 Å². The monoisotopic (exact) mass is 499 g/mol. The quantitative estimate of drug-likeness (QED) is 0.494. The van der Waals surface area contributed by atoms with Gasteiger partial charge < -0.3 is 14.0 Å². The van der Waals surface area contributed by atoms with Crippen molar-refractivity contribution in [2.24, 2.45) is 10.1 Å². The largest absolute Gasteiger partial charge is 0.497 e. The Kier molecular flexibility index (Phi) is 6.01. The van der Waals surface area contributed by atoms with Crippen LogP contribution < -0.4 is 9.47 Å². The van der Waals surface area contributed by atoms with Crippen LogP contribution in [0.15, 0.2) is 64.2 Å². The van der Waals surface area contributed by atoms with E-state index in [0.717, 1.165) is 33.8 Å². The summed E-state index contributed by atoms with van der Waals surface area (Å²) in [6, 6.07) is 15.5. The molecule has 0 radical (unpaired) electrons. The maximum atomic E-state index is 13.0. The van der Waals surface area contributed by atoms with Crippen LogP contribution in [0.25, 0.3) is 11.8 Å². The lowest BCUT2D eigenvalue weighted by Crippen LogP contribution is -2.35. The lowest BCUT2D eigenvalue weighted by molar-refractivity contribution is -0.114. The number of thioether (sulfide) groups is 1. The van der Waals surface area contributed by atoms with Gasteiger partial charge in [0.2, 0.25) is 5.17 Å². The molecule has 3 aromatic rings. The molecule has 0 saturated carbocycles. The third kappa shape index (κ3) is 3.91. The first-order valence-corrected chi connectivity index (χ1v) is 12.1. The van der Waals surface area contributed by atoms with E-state index in [1.54, 1.807) is 20.3 Å². The summed E-state index contributed by atoms with van der Waals surface area (Å²) in [6.45, 7) is 5.95. The van der Waals surface area contributed by atoms with Gasteiger partial charge in [0, 0.05) is 23.0 Å². The molecule has 2 aliphatic heterocycles. The number of aromatic nitrogens is 1. The first-order valence-electron chi connectivity index (χ1n) is 11.3. The number of nitrogens with one attached hydrogen (secondary N) is 1. The van der Waals surface area contributed by atoms with Crippen molar-refractivity contribution in [2.75, 3.05) is 14.2 Å². The highest BCUT2D eigenvalue weighted by molar-refractivity contribution is 8.27. The number of hydrogen-bond acceptors (Lipinski definition) is 6. The summed E-state index contributed by atoms with van der Waals surface area (Å²) in [5.74, 6) is 0.950. The molecule has 0 atom stereocenters. The minimum Gasteiger partial charge on any atom is -0.497 e. The van der Waals surface area contributed by atoms with Gasteiger partial charge >= 0.3 is 0 Å². The number of hydrazone groups is 1. The molecular weight excluding hydrogens is 474 g/mol. The van der Waals surface area contributed by atoms with Gasteiger partial charge in [-0.15, -0.1) is 0 Å². The Hall–Kier alpha value is -4.11. The van der Waals surface area contributed by atoms with E-state index < -0.39 is 5.91 Å². The van der Waals surface area contributed by atoms with Crippen LogP contribution in [0.3, 0.4) is 0 Å². The summed E-state index contributed by atoms with van der Waals surface area (Å²) in [6.07, 6.45) is 1.71. The average Bonchev–Trinajstić information content (AvgIpc) is 3.41. The molecule has 8 nitrogen and oxygen atoms in total. The van der Waals surface area contributed by atoms with Gasteiger partial charge in [-0.25, -0.2) is 0 Å². The van der Waals surface area contributed by atoms with Crippen LogP contribution in [-0.4, -0.2) is 45.7 Å². The molecule has 36 heavy (non-hydrogen) atoms. The molecule has 0 saturated heterocycles. The minimum absolute atomic E-state index is 0.00449. The van der Waals surface area contributed by atoms with Gasteiger partial charge in [-0.05, 0) is 67.9 Å². The highest BCUT2D eigenvalue weighted by atomic mass is 32.2. The summed E-state index contributed by atoms with van der Waals surface area (Å²) in [5, 5.41) is 15.9. The Balaban J connectivity index is 1.54. The molecule has 0 unspecified atom stereocenters. The van der Waals surface area contributed by atoms with E-state index in [4.69, 9.17) is 14.9 Å². The van der Waals surface area contributed by atoms with Crippen LogP contribution in [0.2, 0.25) is 0 Å². The predicted octanol–water partition coefficient (Wildman–Crippen LogP) is 5.09. The third-order valence-electron chi connectivity index (χ3n) is 6.23. The first-order chi connectivity index (χ1) is 17.3. The van der Waals surface area contributed by atoms with Crippen molar-refractivity contribution in [2.45, 2.75) is 20.8 Å². The first kappa shape index (κ1) is 23.6. The van der Waals surface area contributed by atoms with Crippen LogP contribution in [0.4, 0.5) is 0 Å². The molecule has 0 bridgehead atoms. The van der Waals surface area contributed by atoms with Gasteiger partial charge in [-0.1, -0.05) is 24.3 Å². The molecule has 1 aromatic heterocycles. The fourth-order valence-electron chi connectivity index (χ4n) is 4.35. The Morgan fingerprint density at radius 3 is 2.53 bits per heavy atom. The number of fused-ring (bicyclic) bond motifs is 1. The zero-order valence-electron chi connectivity index (χ0n) is 20.6. The van der Waals surface area contributed by atoms with E-state index in [-0.39, 0.29) is 11.4 Å². The van der Waals surface area contributed by atoms with Crippen LogP contribution in [0.1, 0.15) is 28.1 Å². The SMILES string of the molecule is COc1ccc(OC)c(-n2c(C)cc(/C=C3\C(=N)N4N=C(c5ccccc5C)SC4=NC3=O)c2C)c1. The molecule has 0 spiro atoms. The van der Waals surface area contributed by atoms with Crippen LogP contribution in [0.5, 0.6) is 11.5 Å². The Bertz CT molecular complexity index is 1520. The summed E-state index contributed by atoms with van der Waals surface area (Å²) in [5.41, 5.74) is 5.68. The van der Waals surface area contributed by atoms with Gasteiger partial charge in [-0.2, -0.15) is 15.1 Å². The molecule has 1 N–H and O–H groups in total. The third-order valence-corrected chi connectivity index (χ3v) is 7.17. The van der Waals surface area contributed by atoms with Gasteiger partial charge in [0.05, 0.1) is 25.5 Å². The Morgan fingerprint density at radius 2 is 1.81 bits per heavy atom. The van der Waals surface area contributed by atoms with Gasteiger partial charge in [-0.3, -0.25) is 10.2 Å². The van der Waals surface area contributed by atoms with Gasteiger partial charge in [0.25, 0.3) is 5.91 Å². The second-order valence-corrected chi connectivity index (χ2v) is 9.40. The normalized spacial score (nSPS) is 16.2. The van der Waals surface area contributed by atoms with Crippen molar-refractivity contribution in [3.05, 3.63) is 82.2 Å². The molecule has 2 aromatic carbocycles. The summed E-state index contributed by atoms with van der Waals surface area (Å²) < 4.78 is 13.0. The van der Waals surface area contributed by atoms with E-state index in [1.807, 2.05) is 73.9 Å². The Morgan fingerprint density at radius 1 is 1.03 bits per heavy atom. The second-order valence-electron chi connectivity index (χ2n) is 8.44. The Labute approximate surface area is 213 Å². The zero-order chi connectivity index (χ0) is 25.6. The lowest BCUT2D eigenvalue weighted by atomic mass is 10.1. The van der Waals surface area contributed by atoms with Crippen LogP contribution >= 0.6 is 11.8 Å². The number of amidine groups is 2. The van der Waals surface area contributed by atoms with Gasteiger partial charge in [0.1, 0.15) is 16.5 Å². The van der Waals surface area contributed by atoms with Crippen molar-refractivity contribution in [1.29, 1.82) is 5.41 Å². The summed E-state index contributed by atoms with van der Waals surface area (Å²) in [7, 11) is 3.25. The highest BCUT2D eigenvalue weighted by Crippen LogP contribution is 2.34. The fraction of sp³-hybridized carbons (Fsp3) is 0.185. The molecule has 1 amide bonds. The molecule has 2 aliphatic rings. The molecule has 5 rings (SSSR count). The number of hydrogen-bond donors (Lipinski definition) is 1. The molecule has 9 heteroatoms. The number of amides is 1. The summed E-state index contributed by atoms with van der Waals surface area (Å²) >= 11 is 1.30. The molecule has 182 valence electrons. The molecule has 0 fully saturated rings. The number of carbonyl (C=O) groups is 1. The number of methoxy groups -OCH3 is 2. The number of nitrogens with zero attached hydrogens (tertiary/aromatic N) is 4. The smallest absolute Gasteiger partial charge is 0.283 e. The average molecular weight is 500 g/mol. The van der Waals surface area contributed by atoms with Crippen molar-refractivity contribution in [3.63, 3.8) is 0 Å². The van der Waals surface area contributed by atoms with Crippen molar-refractivity contribution >= 4 is 39.8 Å². The minimum atomic E-state index is -0.455. The maximum absolute atomic E-state index is 13.0. The van der Waals surface area contributed by atoms with E-state index in [0.29, 0.717) is 21.7 Å². The predicted molar refractivity (Wildman–Crippen MR) is 144 cm³/mol. The topological polar surface area (TPSA) is 92.3 Å². The van der Waals surface area contributed by atoms with Gasteiger partial charge in [0.15, 0.2) is 5.84 Å². The van der Waals surface area contributed by atoms with E-state index in [2.05, 4.69) is 10.1 Å². The van der Waals surface area contributed by atoms with Crippen LogP contribution in [-0.2, 0) is 4.79 Å². The number of benzene rings is 2. The number of ether oxygens (including phenoxy) is 2. The molecule has 3 heterocycles. The number of aliphatic imine (C=N–C) groups is 1. The van der Waals surface area contributed by atoms with Crippen molar-refractivity contribution in [3.8, 4) is 17.2 Å². The highest BCUT2D eigenvalue weighted by Gasteiger charge is 2.36. The maximum Gasteiger partial charge on any atom is 0.283 e. The van der Waals surface area contributed by atoms with E-state index in [1.165, 1.54) is 16.8 Å². The summed E-state index contributed by atoms with van der Waals surface area (Å²) in [4.78, 5) is 17.2. The molecular formula is C27H25N5O3S. The van der Waals surface area contributed by atoms with Crippen LogP contribution in [0, 0.1) is 26.2 Å². The fourth-order valence-corrected chi connectivity index (χ4v) is 5.33.